The second-order valence-electron chi connectivity index (χ2n) is 9.34. The van der Waals surface area contributed by atoms with Gasteiger partial charge < -0.3 is 15.6 Å². The Morgan fingerprint density at radius 3 is 2.76 bits per heavy atom. The zero-order chi connectivity index (χ0) is 25.1. The average molecular weight is 506 g/mol. The number of rotatable bonds is 5. The Morgan fingerprint density at radius 2 is 1.95 bits per heavy atom. The number of nitrogens with zero attached hydrogens (tertiary/aromatic N) is 6. The SMILES string of the molecule is C=C(C)c1ccc(-c2nccc3[nH]c(-c4n[nH]c5ccc(-c6cncc(N7CC(N)C7)n6)nc45)cc23)s1. The normalized spacial score (nSPS) is 13.9. The number of allylic oxidation sites excluding steroid dienone is 1. The highest BCUT2D eigenvalue weighted by molar-refractivity contribution is 7.16. The van der Waals surface area contributed by atoms with E-state index in [1.807, 2.05) is 31.3 Å². The molecule has 9 nitrogen and oxygen atoms in total. The lowest BCUT2D eigenvalue weighted by atomic mass is 10.1. The summed E-state index contributed by atoms with van der Waals surface area (Å²) in [5.41, 5.74) is 13.6. The topological polar surface area (TPSA) is 125 Å². The number of aromatic nitrogens is 7. The van der Waals surface area contributed by atoms with Crippen LogP contribution in [-0.4, -0.2) is 54.2 Å². The molecule has 7 heterocycles. The van der Waals surface area contributed by atoms with Crippen molar-refractivity contribution in [3.8, 4) is 33.3 Å². The summed E-state index contributed by atoms with van der Waals surface area (Å²) >= 11 is 1.69. The Kier molecular flexibility index (Phi) is 4.91. The van der Waals surface area contributed by atoms with Crippen LogP contribution in [0.4, 0.5) is 5.82 Å². The third-order valence-corrected chi connectivity index (χ3v) is 7.84. The van der Waals surface area contributed by atoms with Crippen molar-refractivity contribution in [3.05, 3.63) is 66.4 Å². The van der Waals surface area contributed by atoms with Gasteiger partial charge in [-0.2, -0.15) is 5.10 Å². The minimum Gasteiger partial charge on any atom is -0.353 e. The zero-order valence-electron chi connectivity index (χ0n) is 20.1. The summed E-state index contributed by atoms with van der Waals surface area (Å²) in [7, 11) is 0. The standard InChI is InChI=1S/C27H23N9S/c1-14(2)22-5-6-23(37-22)25-16-9-20(31-17(16)7-8-30-25)27-26-19(34-35-27)4-3-18(33-26)21-10-29-11-24(32-21)36-12-15(28)13-36/h3-11,15,31H,1,12-13,28H2,2H3,(H,34,35). The van der Waals surface area contributed by atoms with Gasteiger partial charge in [-0.05, 0) is 48.9 Å². The van der Waals surface area contributed by atoms with E-state index in [0.29, 0.717) is 5.69 Å². The van der Waals surface area contributed by atoms with Crippen LogP contribution in [0.2, 0.25) is 0 Å². The lowest BCUT2D eigenvalue weighted by molar-refractivity contribution is 0.514. The molecule has 0 bridgehead atoms. The number of thiophene rings is 1. The molecule has 1 aliphatic heterocycles. The third-order valence-electron chi connectivity index (χ3n) is 6.59. The van der Waals surface area contributed by atoms with E-state index in [0.717, 1.165) is 78.9 Å². The number of nitrogens with one attached hydrogen (secondary N) is 2. The van der Waals surface area contributed by atoms with Crippen LogP contribution in [0.15, 0.2) is 61.6 Å². The van der Waals surface area contributed by atoms with Crippen molar-refractivity contribution in [2.24, 2.45) is 5.73 Å². The molecule has 0 spiro atoms. The molecule has 6 aromatic rings. The van der Waals surface area contributed by atoms with Crippen LogP contribution in [0.1, 0.15) is 11.8 Å². The molecule has 0 amide bonds. The molecule has 4 N–H and O–H groups in total. The fourth-order valence-corrected chi connectivity index (χ4v) is 5.58. The quantitative estimate of drug-likeness (QED) is 0.305. The predicted molar refractivity (Wildman–Crippen MR) is 148 cm³/mol. The summed E-state index contributed by atoms with van der Waals surface area (Å²) in [6, 6.07) is 12.4. The highest BCUT2D eigenvalue weighted by atomic mass is 32.1. The van der Waals surface area contributed by atoms with Gasteiger partial charge in [0, 0.05) is 41.1 Å². The lowest BCUT2D eigenvalue weighted by Gasteiger charge is -2.37. The minimum absolute atomic E-state index is 0.188. The van der Waals surface area contributed by atoms with Crippen LogP contribution in [0.3, 0.4) is 0 Å². The molecule has 6 aromatic heterocycles. The van der Waals surface area contributed by atoms with E-state index in [1.165, 1.54) is 0 Å². The van der Waals surface area contributed by atoms with Gasteiger partial charge in [0.2, 0.25) is 0 Å². The van der Waals surface area contributed by atoms with E-state index < -0.39 is 0 Å². The fourth-order valence-electron chi connectivity index (χ4n) is 4.63. The molecule has 0 atom stereocenters. The lowest BCUT2D eigenvalue weighted by Crippen LogP contribution is -2.56. The Balaban J connectivity index is 1.29. The first-order chi connectivity index (χ1) is 18.0. The summed E-state index contributed by atoms with van der Waals surface area (Å²) in [5.74, 6) is 0.813. The van der Waals surface area contributed by atoms with Gasteiger partial charge in [-0.15, -0.1) is 11.3 Å². The largest absolute Gasteiger partial charge is 0.353 e. The van der Waals surface area contributed by atoms with Gasteiger partial charge in [0.25, 0.3) is 0 Å². The molecule has 0 radical (unpaired) electrons. The molecule has 182 valence electrons. The molecule has 0 aromatic carbocycles. The van der Waals surface area contributed by atoms with Gasteiger partial charge in [0.15, 0.2) is 0 Å². The highest BCUT2D eigenvalue weighted by Crippen LogP contribution is 2.36. The van der Waals surface area contributed by atoms with Gasteiger partial charge in [-0.1, -0.05) is 6.58 Å². The molecule has 37 heavy (non-hydrogen) atoms. The van der Waals surface area contributed by atoms with Crippen LogP contribution in [-0.2, 0) is 0 Å². The number of H-pyrrole nitrogens is 2. The molecule has 1 saturated heterocycles. The maximum Gasteiger partial charge on any atom is 0.147 e. The van der Waals surface area contributed by atoms with Crippen molar-refractivity contribution in [2.45, 2.75) is 13.0 Å². The molecule has 7 rings (SSSR count). The van der Waals surface area contributed by atoms with Crippen LogP contribution >= 0.6 is 11.3 Å². The smallest absolute Gasteiger partial charge is 0.147 e. The van der Waals surface area contributed by atoms with E-state index in [1.54, 1.807) is 23.7 Å². The van der Waals surface area contributed by atoms with Gasteiger partial charge in [0.1, 0.15) is 22.7 Å². The van der Waals surface area contributed by atoms with Gasteiger partial charge in [-0.25, -0.2) is 9.97 Å². The van der Waals surface area contributed by atoms with Crippen molar-refractivity contribution in [2.75, 3.05) is 18.0 Å². The van der Waals surface area contributed by atoms with Crippen molar-refractivity contribution in [3.63, 3.8) is 0 Å². The first-order valence-electron chi connectivity index (χ1n) is 12.0. The third kappa shape index (κ3) is 3.69. The summed E-state index contributed by atoms with van der Waals surface area (Å²) in [6.45, 7) is 7.65. The number of hydrogen-bond donors (Lipinski definition) is 3. The summed E-state index contributed by atoms with van der Waals surface area (Å²) in [6.07, 6.45) is 5.33. The Hall–Kier alpha value is -4.41. The van der Waals surface area contributed by atoms with Gasteiger partial charge in [-0.3, -0.25) is 15.1 Å². The van der Waals surface area contributed by atoms with E-state index in [-0.39, 0.29) is 6.04 Å². The number of anilines is 1. The van der Waals surface area contributed by atoms with Crippen molar-refractivity contribution in [1.82, 2.24) is 35.1 Å². The average Bonchev–Trinajstić information content (AvgIpc) is 3.64. The second-order valence-corrected chi connectivity index (χ2v) is 10.4. The Bertz CT molecular complexity index is 1810. The van der Waals surface area contributed by atoms with Crippen LogP contribution in [0.25, 0.3) is 60.9 Å². The molecular formula is C27H23N9S. The molecular weight excluding hydrogens is 482 g/mol. The number of hydrogen-bond acceptors (Lipinski definition) is 8. The van der Waals surface area contributed by atoms with E-state index in [4.69, 9.17) is 15.7 Å². The fraction of sp³-hybridized carbons (Fsp3) is 0.148. The monoisotopic (exact) mass is 505 g/mol. The first-order valence-corrected chi connectivity index (χ1v) is 12.8. The molecule has 1 aliphatic rings. The number of aromatic amines is 2. The summed E-state index contributed by atoms with van der Waals surface area (Å²) in [5, 5.41) is 8.74. The second kappa shape index (κ2) is 8.32. The summed E-state index contributed by atoms with van der Waals surface area (Å²) in [4.78, 5) is 26.7. The van der Waals surface area contributed by atoms with Gasteiger partial charge in [0.05, 0.1) is 39.9 Å². The zero-order valence-corrected chi connectivity index (χ0v) is 20.9. The van der Waals surface area contributed by atoms with Crippen molar-refractivity contribution in [1.29, 1.82) is 0 Å². The van der Waals surface area contributed by atoms with Crippen molar-refractivity contribution < 1.29 is 0 Å². The molecule has 0 saturated carbocycles. The van der Waals surface area contributed by atoms with E-state index >= 15 is 0 Å². The van der Waals surface area contributed by atoms with Crippen molar-refractivity contribution >= 4 is 44.7 Å². The maximum atomic E-state index is 5.94. The number of fused-ring (bicyclic) bond motifs is 2. The van der Waals surface area contributed by atoms with Crippen LogP contribution in [0, 0.1) is 0 Å². The molecule has 10 heteroatoms. The summed E-state index contributed by atoms with van der Waals surface area (Å²) < 4.78 is 0. The number of nitrogens with two attached hydrogens (primary N) is 1. The van der Waals surface area contributed by atoms with Gasteiger partial charge >= 0.3 is 0 Å². The molecule has 0 aliphatic carbocycles. The van der Waals surface area contributed by atoms with Crippen LogP contribution in [0.5, 0.6) is 0 Å². The minimum atomic E-state index is 0.188. The Morgan fingerprint density at radius 1 is 1.05 bits per heavy atom. The Labute approximate surface area is 216 Å². The molecule has 1 fully saturated rings. The predicted octanol–water partition coefficient (Wildman–Crippen LogP) is 4.87. The number of pyridine rings is 2. The van der Waals surface area contributed by atoms with E-state index in [2.05, 4.69) is 54.8 Å². The van der Waals surface area contributed by atoms with Crippen LogP contribution < -0.4 is 10.6 Å². The van der Waals surface area contributed by atoms with E-state index in [9.17, 15) is 0 Å². The first kappa shape index (κ1) is 21.8. The highest BCUT2D eigenvalue weighted by Gasteiger charge is 2.25. The molecule has 0 unspecified atom stereocenters. The maximum absolute atomic E-state index is 5.94.